The van der Waals surface area contributed by atoms with Gasteiger partial charge in [-0.2, -0.15) is 0 Å². The Hall–Kier alpha value is -4.65. The van der Waals surface area contributed by atoms with E-state index in [0.717, 1.165) is 59.1 Å². The van der Waals surface area contributed by atoms with Gasteiger partial charge < -0.3 is 28.4 Å². The molecule has 4 atom stereocenters. The Morgan fingerprint density at radius 2 is 0.969 bits per heavy atom. The van der Waals surface area contributed by atoms with E-state index in [1.807, 2.05) is 97.1 Å². The highest BCUT2D eigenvalue weighted by Crippen LogP contribution is 2.44. The van der Waals surface area contributed by atoms with Crippen molar-refractivity contribution in [2.24, 2.45) is 0 Å². The zero-order chi connectivity index (χ0) is 46.2. The average Bonchev–Trinajstić information content (AvgIpc) is 3.31. The van der Waals surface area contributed by atoms with E-state index in [-0.39, 0.29) is 36.9 Å². The lowest BCUT2D eigenvalue weighted by molar-refractivity contribution is -0.150. The van der Waals surface area contributed by atoms with Gasteiger partial charge in [-0.3, -0.25) is 0 Å². The number of ether oxygens (including phenoxy) is 6. The zero-order valence-electron chi connectivity index (χ0n) is 38.2. The van der Waals surface area contributed by atoms with Gasteiger partial charge in [0, 0.05) is 47.1 Å². The quantitative estimate of drug-likeness (QED) is 0.0250. The molecule has 0 heterocycles. The lowest BCUT2D eigenvalue weighted by atomic mass is 10.1. The van der Waals surface area contributed by atoms with Crippen LogP contribution in [0.3, 0.4) is 0 Å². The van der Waals surface area contributed by atoms with Crippen LogP contribution in [0.2, 0.25) is 0 Å². The minimum Gasteiger partial charge on any atom is -0.489 e. The number of benzene rings is 5. The van der Waals surface area contributed by atoms with Gasteiger partial charge in [0.15, 0.2) is 12.2 Å². The molecular weight excluding hydrogens is 873 g/mol. The number of carbonyl (C=O) groups is 2. The predicted molar refractivity (Wildman–Crippen MR) is 268 cm³/mol. The molecular formula is C54H64O8S3. The molecule has 0 bridgehead atoms. The molecule has 0 radical (unpaired) electrons. The van der Waals surface area contributed by atoms with Crippen LogP contribution in [0, 0.1) is 0 Å². The molecule has 8 nitrogen and oxygen atoms in total. The van der Waals surface area contributed by atoms with E-state index in [4.69, 9.17) is 28.4 Å². The summed E-state index contributed by atoms with van der Waals surface area (Å²) >= 11 is 5.14. The van der Waals surface area contributed by atoms with Crippen LogP contribution in [-0.2, 0) is 28.5 Å². The highest BCUT2D eigenvalue weighted by atomic mass is 32.2. The molecule has 0 aliphatic carbocycles. The van der Waals surface area contributed by atoms with Gasteiger partial charge in [-0.05, 0) is 69.2 Å². The van der Waals surface area contributed by atoms with Crippen molar-refractivity contribution in [1.29, 1.82) is 0 Å². The Labute approximate surface area is 399 Å². The molecule has 0 N–H and O–H groups in total. The second-order valence-electron chi connectivity index (χ2n) is 15.9. The Morgan fingerprint density at radius 1 is 0.538 bits per heavy atom. The average molecular weight is 937 g/mol. The third-order valence-corrected chi connectivity index (χ3v) is 13.6. The fraction of sp³-hybridized carbons (Fsp3) is 0.370. The number of carbonyl (C=O) groups excluding carboxylic acids is 2. The van der Waals surface area contributed by atoms with Gasteiger partial charge in [-0.15, -0.1) is 23.5 Å². The van der Waals surface area contributed by atoms with Gasteiger partial charge in [0.05, 0.1) is 31.3 Å². The van der Waals surface area contributed by atoms with Crippen molar-refractivity contribution in [3.63, 3.8) is 0 Å². The standard InChI is InChI=1S/C54H64O8S3/c1-7-9-22-46(63-43-24-14-11-15-25-43)37-57-33-41(61-53(55)39(3)4)35-59-50-32-51(65-45-28-18-13-19-29-45)52(49-31-21-20-30-48(49)50)60-36-42(62-54(56)40(5)6)34-58-38-47(23-10-8-2)64-44-26-16-12-17-27-44/h11-21,24-32,41-42,46-47H,3,5,7-10,22-23,33-38H2,1-2,4,6H3. The second-order valence-corrected chi connectivity index (χ2v) is 19.7. The maximum atomic E-state index is 13.0. The molecule has 0 fully saturated rings. The molecule has 0 saturated carbocycles. The van der Waals surface area contributed by atoms with Crippen molar-refractivity contribution in [2.45, 2.75) is 109 Å². The maximum absolute atomic E-state index is 13.0. The maximum Gasteiger partial charge on any atom is 0.333 e. The molecule has 0 spiro atoms. The van der Waals surface area contributed by atoms with Crippen molar-refractivity contribution in [2.75, 3.05) is 39.6 Å². The number of esters is 2. The highest BCUT2D eigenvalue weighted by molar-refractivity contribution is 8.00. The molecule has 346 valence electrons. The van der Waals surface area contributed by atoms with Crippen LogP contribution >= 0.6 is 35.3 Å². The monoisotopic (exact) mass is 936 g/mol. The molecule has 0 aromatic heterocycles. The molecule has 5 rings (SSSR count). The van der Waals surface area contributed by atoms with Crippen LogP contribution in [-0.4, -0.2) is 74.3 Å². The SMILES string of the molecule is C=C(C)C(=O)OC(COCC(CCCC)Sc1ccccc1)COc1cc(Sc2ccccc2)c(OCC(COCC(CCCC)Sc2ccccc2)OC(=O)C(=C)C)c2ccccc12. The summed E-state index contributed by atoms with van der Waals surface area (Å²) in [6.45, 7) is 16.6. The lowest BCUT2D eigenvalue weighted by Gasteiger charge is -2.24. The van der Waals surface area contributed by atoms with Gasteiger partial charge in [0.25, 0.3) is 0 Å². The molecule has 0 aliphatic heterocycles. The van der Waals surface area contributed by atoms with E-state index >= 15 is 0 Å². The first kappa shape index (κ1) is 51.3. The Kier molecular flexibility index (Phi) is 22.4. The third kappa shape index (κ3) is 17.9. The number of thioether (sulfide) groups is 2. The van der Waals surface area contributed by atoms with E-state index in [1.54, 1.807) is 37.4 Å². The molecule has 0 saturated heterocycles. The molecule has 0 aliphatic rings. The number of unbranched alkanes of at least 4 members (excludes halogenated alkanes) is 2. The summed E-state index contributed by atoms with van der Waals surface area (Å²) in [6, 6.07) is 40.5. The topological polar surface area (TPSA) is 89.5 Å². The number of hydrogen-bond acceptors (Lipinski definition) is 11. The van der Waals surface area contributed by atoms with Crippen LogP contribution in [0.4, 0.5) is 0 Å². The van der Waals surface area contributed by atoms with E-state index < -0.39 is 24.1 Å². The summed E-state index contributed by atoms with van der Waals surface area (Å²) in [5.74, 6) is 0.190. The molecule has 11 heteroatoms. The first-order valence-corrected chi connectivity index (χ1v) is 25.1. The predicted octanol–water partition coefficient (Wildman–Crippen LogP) is 13.5. The highest BCUT2D eigenvalue weighted by Gasteiger charge is 2.24. The fourth-order valence-corrected chi connectivity index (χ4v) is 9.88. The fourth-order valence-electron chi connectivity index (χ4n) is 6.61. The largest absolute Gasteiger partial charge is 0.489 e. The van der Waals surface area contributed by atoms with Gasteiger partial charge in [-0.1, -0.05) is 143 Å². The van der Waals surface area contributed by atoms with Gasteiger partial charge >= 0.3 is 11.9 Å². The number of rotatable bonds is 30. The van der Waals surface area contributed by atoms with Crippen LogP contribution in [0.5, 0.6) is 11.5 Å². The Morgan fingerprint density at radius 3 is 1.43 bits per heavy atom. The van der Waals surface area contributed by atoms with Gasteiger partial charge in [0.2, 0.25) is 0 Å². The van der Waals surface area contributed by atoms with Crippen LogP contribution in [0.15, 0.2) is 165 Å². The molecule has 4 unspecified atom stereocenters. The molecule has 5 aromatic rings. The smallest absolute Gasteiger partial charge is 0.333 e. The molecule has 5 aromatic carbocycles. The summed E-state index contributed by atoms with van der Waals surface area (Å²) in [5.41, 5.74) is 0.590. The first-order chi connectivity index (χ1) is 31.6. The summed E-state index contributed by atoms with van der Waals surface area (Å²) in [7, 11) is 0. The summed E-state index contributed by atoms with van der Waals surface area (Å²) in [4.78, 5) is 30.0. The van der Waals surface area contributed by atoms with Crippen molar-refractivity contribution < 1.29 is 38.0 Å². The van der Waals surface area contributed by atoms with E-state index in [0.29, 0.717) is 35.9 Å². The van der Waals surface area contributed by atoms with E-state index in [1.165, 1.54) is 21.6 Å². The van der Waals surface area contributed by atoms with E-state index in [9.17, 15) is 9.59 Å². The summed E-state index contributed by atoms with van der Waals surface area (Å²) in [5, 5.41) is 2.07. The van der Waals surface area contributed by atoms with Crippen molar-refractivity contribution >= 4 is 58.0 Å². The summed E-state index contributed by atoms with van der Waals surface area (Å²) < 4.78 is 37.8. The first-order valence-electron chi connectivity index (χ1n) is 22.5. The zero-order valence-corrected chi connectivity index (χ0v) is 40.7. The molecule has 65 heavy (non-hydrogen) atoms. The number of hydrogen-bond donors (Lipinski definition) is 0. The van der Waals surface area contributed by atoms with Crippen molar-refractivity contribution in [3.05, 3.63) is 146 Å². The minimum atomic E-state index is -0.714. The van der Waals surface area contributed by atoms with Crippen LogP contribution in [0.1, 0.15) is 66.2 Å². The summed E-state index contributed by atoms with van der Waals surface area (Å²) in [6.07, 6.45) is 4.93. The second kappa shape index (κ2) is 28.4. The van der Waals surface area contributed by atoms with Crippen molar-refractivity contribution in [1.82, 2.24) is 0 Å². The van der Waals surface area contributed by atoms with Crippen molar-refractivity contribution in [3.8, 4) is 11.5 Å². The lowest BCUT2D eigenvalue weighted by Crippen LogP contribution is -2.31. The Balaban J connectivity index is 1.37. The van der Waals surface area contributed by atoms with Crippen LogP contribution in [0.25, 0.3) is 10.8 Å². The normalized spacial score (nSPS) is 13.0. The number of fused-ring (bicyclic) bond motifs is 1. The van der Waals surface area contributed by atoms with Gasteiger partial charge in [-0.25, -0.2) is 9.59 Å². The van der Waals surface area contributed by atoms with Gasteiger partial charge in [0.1, 0.15) is 24.7 Å². The molecule has 0 amide bonds. The Bertz CT molecular complexity index is 2220. The minimum absolute atomic E-state index is 0.0368. The van der Waals surface area contributed by atoms with E-state index in [2.05, 4.69) is 51.3 Å². The third-order valence-electron chi connectivity index (χ3n) is 10.0. The van der Waals surface area contributed by atoms with Crippen LogP contribution < -0.4 is 9.47 Å².